The molecule has 1 N–H and O–H groups in total. The standard InChI is InChI=1S/C8H8NO2.Na.H2O/c1-11-8-3-2-5-9-7(8)4-6-10;;/h2-3,5H,4H2,1H3;;1H2/q-1;+1;/p-1. The van der Waals surface area contributed by atoms with E-state index in [2.05, 4.69) is 4.98 Å². The van der Waals surface area contributed by atoms with Gasteiger partial charge in [0.15, 0.2) is 0 Å². The molecule has 0 saturated heterocycles. The van der Waals surface area contributed by atoms with E-state index < -0.39 is 0 Å². The van der Waals surface area contributed by atoms with Gasteiger partial charge in [0.2, 0.25) is 0 Å². The zero-order valence-electron chi connectivity index (χ0n) is 7.65. The van der Waals surface area contributed by atoms with Crippen LogP contribution in [0.15, 0.2) is 18.3 Å². The predicted molar refractivity (Wildman–Crippen MR) is 42.1 cm³/mol. The third-order valence-electron chi connectivity index (χ3n) is 1.31. The van der Waals surface area contributed by atoms with Crippen molar-refractivity contribution in [1.82, 2.24) is 4.98 Å². The molecule has 0 aromatic carbocycles. The number of carbonyl (C=O) groups excluding carboxylic acids is 1. The second-order valence-electron chi connectivity index (χ2n) is 1.97. The first-order valence-corrected chi connectivity index (χ1v) is 3.21. The average molecular weight is 190 g/mol. The molecule has 5 heteroatoms. The minimum Gasteiger partial charge on any atom is -0.870 e. The van der Waals surface area contributed by atoms with Crippen molar-refractivity contribution in [3.63, 3.8) is 0 Å². The number of nitrogens with zero attached hydrogens (tertiary/aromatic N) is 1. The van der Waals surface area contributed by atoms with Crippen LogP contribution >= 0.6 is 0 Å². The molecule has 0 aliphatic rings. The molecule has 0 aliphatic carbocycles. The van der Waals surface area contributed by atoms with Crippen LogP contribution in [0, 0.1) is 0 Å². The van der Waals surface area contributed by atoms with Gasteiger partial charge in [0, 0.05) is 6.20 Å². The van der Waals surface area contributed by atoms with Gasteiger partial charge in [0.05, 0.1) is 12.8 Å². The molecular weight excluding hydrogens is 181 g/mol. The quantitative estimate of drug-likeness (QED) is 0.392. The zero-order valence-corrected chi connectivity index (χ0v) is 9.65. The second-order valence-corrected chi connectivity index (χ2v) is 1.97. The van der Waals surface area contributed by atoms with Crippen molar-refractivity contribution in [2.24, 2.45) is 0 Å². The second kappa shape index (κ2) is 8.19. The van der Waals surface area contributed by atoms with Gasteiger partial charge in [-0.05, 0) is 12.1 Å². The van der Waals surface area contributed by atoms with Crippen molar-refractivity contribution >= 4 is 6.29 Å². The number of rotatable bonds is 3. The number of ether oxygens (including phenoxy) is 1. The van der Waals surface area contributed by atoms with Crippen molar-refractivity contribution in [2.45, 2.75) is 6.42 Å². The van der Waals surface area contributed by atoms with Crippen molar-refractivity contribution in [3.8, 4) is 5.75 Å². The summed E-state index contributed by atoms with van der Waals surface area (Å²) >= 11 is 0. The van der Waals surface area contributed by atoms with Crippen LogP contribution in [0.3, 0.4) is 0 Å². The molecule has 4 nitrogen and oxygen atoms in total. The van der Waals surface area contributed by atoms with Crippen LogP contribution in [0.1, 0.15) is 5.69 Å². The number of pyridine rings is 1. The molecule has 0 atom stereocenters. The van der Waals surface area contributed by atoms with Crippen LogP contribution < -0.4 is 34.3 Å². The number of hydrogen-bond acceptors (Lipinski definition) is 4. The Bertz CT molecular complexity index is 255. The largest absolute Gasteiger partial charge is 1.00 e. The van der Waals surface area contributed by atoms with Crippen LogP contribution in [0.25, 0.3) is 0 Å². The Balaban J connectivity index is 0. The summed E-state index contributed by atoms with van der Waals surface area (Å²) in [5, 5.41) is 0. The van der Waals surface area contributed by atoms with Gasteiger partial charge in [-0.25, -0.2) is 0 Å². The molecule has 1 aromatic heterocycles. The average Bonchev–Trinajstić information content (AvgIpc) is 2.06. The summed E-state index contributed by atoms with van der Waals surface area (Å²) in [6.45, 7) is 0. The predicted octanol–water partition coefficient (Wildman–Crippen LogP) is -2.43. The van der Waals surface area contributed by atoms with E-state index >= 15 is 0 Å². The first kappa shape index (κ1) is 15.1. The first-order valence-electron chi connectivity index (χ1n) is 3.21. The van der Waals surface area contributed by atoms with E-state index in [1.165, 1.54) is 0 Å². The normalized spacial score (nSPS) is 7.77. The Kier molecular flexibility index (Phi) is 9.50. The van der Waals surface area contributed by atoms with Crippen LogP contribution in [0.2, 0.25) is 0 Å². The molecule has 0 saturated carbocycles. The zero-order chi connectivity index (χ0) is 8.10. The Labute approximate surface area is 98.9 Å². The molecule has 1 heterocycles. The number of methoxy groups -OCH3 is 1. The summed E-state index contributed by atoms with van der Waals surface area (Å²) < 4.78 is 4.96. The summed E-state index contributed by atoms with van der Waals surface area (Å²) in [6.07, 6.45) is 3.57. The Hall–Kier alpha value is -0.420. The molecule has 0 bridgehead atoms. The summed E-state index contributed by atoms with van der Waals surface area (Å²) in [4.78, 5) is 14.0. The van der Waals surface area contributed by atoms with Crippen LogP contribution in [0.5, 0.6) is 5.75 Å². The fraction of sp³-hybridized carbons (Fsp3) is 0.250. The minimum atomic E-state index is 0. The van der Waals surface area contributed by atoms with Gasteiger partial charge < -0.3 is 15.0 Å². The van der Waals surface area contributed by atoms with Crippen LogP contribution in [-0.4, -0.2) is 23.9 Å². The maximum atomic E-state index is 10.0. The molecule has 1 aromatic rings. The van der Waals surface area contributed by atoms with E-state index in [1.54, 1.807) is 31.7 Å². The Morgan fingerprint density at radius 1 is 1.62 bits per heavy atom. The van der Waals surface area contributed by atoms with Crippen molar-refractivity contribution in [1.29, 1.82) is 0 Å². The number of aromatic nitrogens is 1. The molecule has 66 valence electrons. The van der Waals surface area contributed by atoms with E-state index in [4.69, 9.17) is 4.74 Å². The van der Waals surface area contributed by atoms with Crippen LogP contribution in [-0.2, 0) is 11.2 Å². The maximum absolute atomic E-state index is 10.0. The van der Waals surface area contributed by atoms with Gasteiger partial charge in [-0.15, -0.1) is 6.42 Å². The van der Waals surface area contributed by atoms with Gasteiger partial charge in [-0.1, -0.05) is 0 Å². The molecule has 0 amide bonds. The van der Waals surface area contributed by atoms with E-state index in [-0.39, 0.29) is 41.5 Å². The summed E-state index contributed by atoms with van der Waals surface area (Å²) in [5.41, 5.74) is 0.630. The van der Waals surface area contributed by atoms with Gasteiger partial charge in [-0.2, -0.15) is 0 Å². The fourth-order valence-corrected chi connectivity index (χ4v) is 0.810. The Morgan fingerprint density at radius 3 is 2.85 bits per heavy atom. The maximum Gasteiger partial charge on any atom is 1.00 e. The smallest absolute Gasteiger partial charge is 0.870 e. The van der Waals surface area contributed by atoms with Crippen molar-refractivity contribution in [3.05, 3.63) is 24.0 Å². The van der Waals surface area contributed by atoms with E-state index in [0.29, 0.717) is 11.4 Å². The summed E-state index contributed by atoms with van der Waals surface area (Å²) in [6, 6.07) is 3.52. The molecule has 0 unspecified atom stereocenters. The Morgan fingerprint density at radius 2 is 2.31 bits per heavy atom. The van der Waals surface area contributed by atoms with Crippen molar-refractivity contribution < 1.29 is 44.6 Å². The minimum absolute atomic E-state index is 0. The van der Waals surface area contributed by atoms with Gasteiger partial charge in [0.1, 0.15) is 5.75 Å². The molecular formula is C8H9NNaO3-. The van der Waals surface area contributed by atoms with Crippen molar-refractivity contribution in [2.75, 3.05) is 7.11 Å². The van der Waals surface area contributed by atoms with Gasteiger partial charge in [-0.3, -0.25) is 11.3 Å². The van der Waals surface area contributed by atoms with E-state index in [1.807, 2.05) is 0 Å². The molecule has 0 spiro atoms. The molecule has 0 fully saturated rings. The monoisotopic (exact) mass is 190 g/mol. The SMILES string of the molecule is COc1cccnc1C[C-]=O.[Na+].[OH-]. The molecule has 0 radical (unpaired) electrons. The van der Waals surface area contributed by atoms with Gasteiger partial charge >= 0.3 is 29.6 Å². The fourth-order valence-electron chi connectivity index (χ4n) is 0.810. The molecule has 0 aliphatic heterocycles. The van der Waals surface area contributed by atoms with E-state index in [0.717, 1.165) is 0 Å². The van der Waals surface area contributed by atoms with Crippen LogP contribution in [0.4, 0.5) is 0 Å². The molecule has 1 rings (SSSR count). The third kappa shape index (κ3) is 4.38. The topological polar surface area (TPSA) is 69.2 Å². The molecule has 13 heavy (non-hydrogen) atoms. The third-order valence-corrected chi connectivity index (χ3v) is 1.31. The van der Waals surface area contributed by atoms with E-state index in [9.17, 15) is 4.79 Å². The number of hydrogen-bond donors (Lipinski definition) is 0. The summed E-state index contributed by atoms with van der Waals surface area (Å²) in [5.74, 6) is 0.635. The van der Waals surface area contributed by atoms with Gasteiger partial charge in [0.25, 0.3) is 0 Å². The summed E-state index contributed by atoms with van der Waals surface area (Å²) in [7, 11) is 1.55. The first-order chi connectivity index (χ1) is 5.38.